The van der Waals surface area contributed by atoms with E-state index in [4.69, 9.17) is 0 Å². The third-order valence-corrected chi connectivity index (χ3v) is 16.7. The topological polar surface area (TPSA) is 150 Å². The molecule has 2 aliphatic rings. The van der Waals surface area contributed by atoms with Gasteiger partial charge in [-0.3, -0.25) is 24.2 Å². The number of carbonyl (C=O) groups excluding carboxylic acids is 4. The molecule has 0 bridgehead atoms. The third-order valence-electron chi connectivity index (χ3n) is 12.4. The summed E-state index contributed by atoms with van der Waals surface area (Å²) in [5.74, 6) is 1.32. The lowest BCUT2D eigenvalue weighted by atomic mass is 9.81. The molecule has 2 heterocycles. The summed E-state index contributed by atoms with van der Waals surface area (Å²) in [4.78, 5) is 59.1. The monoisotopic (exact) mass is 936 g/mol. The summed E-state index contributed by atoms with van der Waals surface area (Å²) in [5, 5.41) is 26.1. The number of pyridine rings is 1. The fraction of sp³-hybridized carbons (Fsp3) is 0.627. The Bertz CT molecular complexity index is 1880. The van der Waals surface area contributed by atoms with Crippen molar-refractivity contribution in [1.29, 1.82) is 0 Å². The first-order valence-electron chi connectivity index (χ1n) is 23.6. The average molecular weight is 936 g/mol. The third kappa shape index (κ3) is 18.6. The lowest BCUT2D eigenvalue weighted by Gasteiger charge is -2.33. The van der Waals surface area contributed by atoms with E-state index in [-0.39, 0.29) is 65.6 Å². The number of aliphatic hydroxyl groups excluding tert-OH is 1. The molecule has 5 rings (SSSR count). The van der Waals surface area contributed by atoms with E-state index in [0.717, 1.165) is 52.3 Å². The second-order valence-corrected chi connectivity index (χ2v) is 24.0. The molecule has 10 nitrogen and oxygen atoms in total. The van der Waals surface area contributed by atoms with E-state index in [9.17, 15) is 24.3 Å². The lowest BCUT2D eigenvalue weighted by molar-refractivity contribution is -0.134. The van der Waals surface area contributed by atoms with Gasteiger partial charge in [-0.2, -0.15) is 11.8 Å². The van der Waals surface area contributed by atoms with Crippen LogP contribution in [0.25, 0.3) is 10.8 Å². The molecule has 1 saturated carbocycles. The quantitative estimate of drug-likeness (QED) is 0.0705. The van der Waals surface area contributed by atoms with Crippen LogP contribution in [0.3, 0.4) is 0 Å². The van der Waals surface area contributed by atoms with Crippen molar-refractivity contribution in [2.75, 3.05) is 23.8 Å². The van der Waals surface area contributed by atoms with E-state index in [0.29, 0.717) is 30.9 Å². The van der Waals surface area contributed by atoms with Gasteiger partial charge in [-0.15, -0.1) is 23.5 Å². The summed E-state index contributed by atoms with van der Waals surface area (Å²) in [6.45, 7) is 16.5. The van der Waals surface area contributed by atoms with Gasteiger partial charge in [0.05, 0.1) is 36.8 Å². The number of amides is 4. The Hall–Kier alpha value is -3.26. The van der Waals surface area contributed by atoms with Crippen LogP contribution in [0.15, 0.2) is 66.9 Å². The van der Waals surface area contributed by atoms with Crippen LogP contribution >= 0.6 is 35.3 Å². The number of hydrogen-bond acceptors (Lipinski definition) is 9. The van der Waals surface area contributed by atoms with Gasteiger partial charge in [-0.1, -0.05) is 136 Å². The normalized spacial score (nSPS) is 17.6. The number of hydrogen-bond donors (Lipinski definition) is 5. The minimum atomic E-state index is -1.01. The summed E-state index contributed by atoms with van der Waals surface area (Å²) in [5.41, 5.74) is 1.82. The van der Waals surface area contributed by atoms with Crippen molar-refractivity contribution in [3.8, 4) is 0 Å². The Morgan fingerprint density at radius 3 is 2.17 bits per heavy atom. The minimum Gasteiger partial charge on any atom is -0.391 e. The Morgan fingerprint density at radius 1 is 0.859 bits per heavy atom. The fourth-order valence-corrected chi connectivity index (χ4v) is 11.7. The largest absolute Gasteiger partial charge is 0.391 e. The molecule has 3 unspecified atom stereocenters. The first kappa shape index (κ1) is 53.4. The van der Waals surface area contributed by atoms with Crippen molar-refractivity contribution in [3.63, 3.8) is 0 Å². The van der Waals surface area contributed by atoms with Gasteiger partial charge in [-0.05, 0) is 72.4 Å². The number of nitrogens with one attached hydrogen (secondary N) is 4. The van der Waals surface area contributed by atoms with Crippen LogP contribution in [0.2, 0.25) is 0 Å². The second-order valence-electron chi connectivity index (χ2n) is 19.0. The standard InChI is InChI=1S/C47H69N5O5S.C4H8S2/c1-8-32(4)43(46(57)49-28-37-22-14-15-24-48-37)52-45(56)39(31(2)3)27-41(53)40(25-33-17-10-9-11-18-33)51-42(54)29-50-44(55)36(30-58-47(5,6)7)26-35-21-16-20-34-19-12-13-23-38(34)35;1-4-5-2-3-6-4/h12-16,19-24,31-33,36,39-41,43,53H,8-11,17-18,25-30H2,1-7H3,(H,49,57)(H,50,55)(H,51,54)(H,52,56);4H,2-3H2,1H3/t32-,36-,39?,40?,41+,43?;/m1./s1. The highest BCUT2D eigenvalue weighted by atomic mass is 32.2. The van der Waals surface area contributed by atoms with Crippen molar-refractivity contribution in [2.24, 2.45) is 29.6 Å². The van der Waals surface area contributed by atoms with Gasteiger partial charge in [0.15, 0.2) is 0 Å². The number of thioether (sulfide) groups is 3. The van der Waals surface area contributed by atoms with Crippen molar-refractivity contribution in [2.45, 2.75) is 147 Å². The Kier molecular flexibility index (Phi) is 22.8. The van der Waals surface area contributed by atoms with Crippen LogP contribution < -0.4 is 21.3 Å². The molecular weight excluding hydrogens is 859 g/mol. The van der Waals surface area contributed by atoms with Crippen LogP contribution in [-0.4, -0.2) is 85.0 Å². The molecule has 354 valence electrons. The highest BCUT2D eigenvalue weighted by Gasteiger charge is 2.35. The maximum Gasteiger partial charge on any atom is 0.243 e. The molecule has 2 aromatic carbocycles. The Labute approximate surface area is 397 Å². The summed E-state index contributed by atoms with van der Waals surface area (Å²) in [6.07, 6.45) is 8.04. The summed E-state index contributed by atoms with van der Waals surface area (Å²) < 4.78 is 0.841. The summed E-state index contributed by atoms with van der Waals surface area (Å²) in [6, 6.07) is 18.5. The van der Waals surface area contributed by atoms with Gasteiger partial charge < -0.3 is 26.4 Å². The van der Waals surface area contributed by atoms with E-state index in [1.807, 2.05) is 64.1 Å². The first-order valence-corrected chi connectivity index (χ1v) is 26.7. The highest BCUT2D eigenvalue weighted by Crippen LogP contribution is 2.32. The summed E-state index contributed by atoms with van der Waals surface area (Å²) in [7, 11) is 0. The molecule has 1 saturated heterocycles. The zero-order chi connectivity index (χ0) is 46.6. The van der Waals surface area contributed by atoms with Gasteiger partial charge in [0.1, 0.15) is 6.04 Å². The number of aromatic nitrogens is 1. The predicted molar refractivity (Wildman–Crippen MR) is 270 cm³/mol. The highest BCUT2D eigenvalue weighted by molar-refractivity contribution is 8.20. The molecule has 5 N–H and O–H groups in total. The average Bonchev–Trinajstić information content (AvgIpc) is 3.77. The van der Waals surface area contributed by atoms with Crippen LogP contribution in [0.5, 0.6) is 0 Å². The van der Waals surface area contributed by atoms with Gasteiger partial charge >= 0.3 is 0 Å². The first-order chi connectivity index (χ1) is 30.5. The van der Waals surface area contributed by atoms with Crippen LogP contribution in [0.4, 0.5) is 0 Å². The van der Waals surface area contributed by atoms with Gasteiger partial charge in [0.2, 0.25) is 23.6 Å². The second kappa shape index (κ2) is 27.4. The van der Waals surface area contributed by atoms with Crippen LogP contribution in [0.1, 0.15) is 118 Å². The van der Waals surface area contributed by atoms with Crippen molar-refractivity contribution in [3.05, 3.63) is 78.1 Å². The molecule has 13 heteroatoms. The van der Waals surface area contributed by atoms with Gasteiger partial charge in [-0.25, -0.2) is 0 Å². The molecule has 2 fully saturated rings. The number of aliphatic hydroxyl groups is 1. The van der Waals surface area contributed by atoms with Gasteiger partial charge in [0.25, 0.3) is 0 Å². The Balaban J connectivity index is 0.00000138. The zero-order valence-corrected chi connectivity index (χ0v) is 42.1. The smallest absolute Gasteiger partial charge is 0.243 e. The molecule has 1 aromatic heterocycles. The number of fused-ring (bicyclic) bond motifs is 1. The molecule has 1 aliphatic heterocycles. The molecule has 0 spiro atoms. The van der Waals surface area contributed by atoms with Crippen molar-refractivity contribution < 1.29 is 24.3 Å². The molecule has 64 heavy (non-hydrogen) atoms. The number of nitrogens with zero attached hydrogens (tertiary/aromatic N) is 1. The number of benzene rings is 2. The molecule has 3 aromatic rings. The molecule has 1 aliphatic carbocycles. The van der Waals surface area contributed by atoms with Crippen LogP contribution in [0, 0.1) is 29.6 Å². The maximum absolute atomic E-state index is 14.0. The van der Waals surface area contributed by atoms with E-state index in [1.54, 1.807) is 18.0 Å². The number of carbonyl (C=O) groups is 4. The molecule has 4 amide bonds. The van der Waals surface area contributed by atoms with Crippen molar-refractivity contribution >= 4 is 69.7 Å². The van der Waals surface area contributed by atoms with E-state index in [1.165, 1.54) is 17.9 Å². The van der Waals surface area contributed by atoms with E-state index in [2.05, 4.69) is 102 Å². The fourth-order valence-electron chi connectivity index (χ4n) is 8.31. The summed E-state index contributed by atoms with van der Waals surface area (Å²) >= 11 is 5.85. The van der Waals surface area contributed by atoms with Gasteiger partial charge in [0, 0.05) is 38.7 Å². The lowest BCUT2D eigenvalue weighted by Crippen LogP contribution is -2.53. The SMILES string of the molecule is CC1SCCS1.CC[C@@H](C)C(NC(=O)C(C[C@H](O)C(CC1CCCCC1)NC(=O)CNC(=O)[C@@H](CSC(C)(C)C)Cc1cccc2ccccc12)C(C)C)C(=O)NCc1ccccn1. The molecular formula is C51H77N5O5S3. The van der Waals surface area contributed by atoms with E-state index < -0.39 is 24.1 Å². The van der Waals surface area contributed by atoms with Crippen molar-refractivity contribution in [1.82, 2.24) is 26.3 Å². The van der Waals surface area contributed by atoms with Crippen LogP contribution in [-0.2, 0) is 32.1 Å². The predicted octanol–water partition coefficient (Wildman–Crippen LogP) is 9.18. The molecule has 6 atom stereocenters. The minimum absolute atomic E-state index is 0.0381. The van der Waals surface area contributed by atoms with E-state index >= 15 is 0 Å². The molecule has 0 radical (unpaired) electrons. The Morgan fingerprint density at radius 2 is 1.55 bits per heavy atom. The number of rotatable bonds is 21. The maximum atomic E-state index is 14.0. The zero-order valence-electron chi connectivity index (χ0n) is 39.7.